The average Bonchev–Trinajstić information content (AvgIpc) is 3.12. The monoisotopic (exact) mass is 326 g/mol. The smallest absolute Gasteiger partial charge is 0.241 e. The highest BCUT2D eigenvalue weighted by Gasteiger charge is 2.21. The SMILES string of the molecule is O=C(Nc1ccc(SCCc2ccccc2)cc1)C1CCCN1. The Balaban J connectivity index is 1.46. The average molecular weight is 326 g/mol. The number of carbonyl (C=O) groups is 1. The van der Waals surface area contributed by atoms with Gasteiger partial charge in [0.25, 0.3) is 0 Å². The van der Waals surface area contributed by atoms with E-state index in [4.69, 9.17) is 0 Å². The molecule has 1 amide bonds. The molecule has 120 valence electrons. The lowest BCUT2D eigenvalue weighted by atomic mass is 10.2. The van der Waals surface area contributed by atoms with E-state index in [1.54, 1.807) is 0 Å². The summed E-state index contributed by atoms with van der Waals surface area (Å²) in [5, 5.41) is 6.20. The number of anilines is 1. The van der Waals surface area contributed by atoms with Crippen molar-refractivity contribution in [3.8, 4) is 0 Å². The molecule has 0 spiro atoms. The molecule has 2 aromatic carbocycles. The third-order valence-corrected chi connectivity index (χ3v) is 5.01. The van der Waals surface area contributed by atoms with Crippen molar-refractivity contribution in [1.29, 1.82) is 0 Å². The minimum Gasteiger partial charge on any atom is -0.325 e. The molecule has 2 aromatic rings. The molecule has 2 N–H and O–H groups in total. The first-order valence-electron chi connectivity index (χ1n) is 8.12. The molecule has 0 aliphatic carbocycles. The molecule has 1 aliphatic rings. The summed E-state index contributed by atoms with van der Waals surface area (Å²) in [4.78, 5) is 13.3. The zero-order valence-electron chi connectivity index (χ0n) is 13.1. The highest BCUT2D eigenvalue weighted by atomic mass is 32.2. The first-order valence-corrected chi connectivity index (χ1v) is 9.11. The van der Waals surface area contributed by atoms with Crippen LogP contribution >= 0.6 is 11.8 Å². The van der Waals surface area contributed by atoms with E-state index in [0.717, 1.165) is 37.2 Å². The highest BCUT2D eigenvalue weighted by Crippen LogP contribution is 2.21. The van der Waals surface area contributed by atoms with Crippen molar-refractivity contribution in [2.24, 2.45) is 0 Å². The Morgan fingerprint density at radius 1 is 1.13 bits per heavy atom. The zero-order chi connectivity index (χ0) is 15.9. The van der Waals surface area contributed by atoms with E-state index in [9.17, 15) is 4.79 Å². The lowest BCUT2D eigenvalue weighted by molar-refractivity contribution is -0.117. The fraction of sp³-hybridized carbons (Fsp3) is 0.316. The standard InChI is InChI=1S/C19H22N2OS/c22-19(18-7-4-13-20-18)21-16-8-10-17(11-9-16)23-14-12-15-5-2-1-3-6-15/h1-3,5-6,8-11,18,20H,4,7,12-14H2,(H,21,22). The largest absolute Gasteiger partial charge is 0.325 e. The topological polar surface area (TPSA) is 41.1 Å². The van der Waals surface area contributed by atoms with Crippen molar-refractivity contribution >= 4 is 23.4 Å². The van der Waals surface area contributed by atoms with Crippen LogP contribution in [-0.4, -0.2) is 24.2 Å². The van der Waals surface area contributed by atoms with Gasteiger partial charge in [0.15, 0.2) is 0 Å². The molecule has 23 heavy (non-hydrogen) atoms. The van der Waals surface area contributed by atoms with Crippen LogP contribution in [0.25, 0.3) is 0 Å². The Labute approximate surface area is 141 Å². The second-order valence-electron chi connectivity index (χ2n) is 5.75. The lowest BCUT2D eigenvalue weighted by Crippen LogP contribution is -2.35. The molecular formula is C19H22N2OS. The van der Waals surface area contributed by atoms with E-state index < -0.39 is 0 Å². The Kier molecular flexibility index (Phi) is 5.72. The molecule has 1 heterocycles. The predicted molar refractivity (Wildman–Crippen MR) is 97.0 cm³/mol. The number of hydrogen-bond acceptors (Lipinski definition) is 3. The third kappa shape index (κ3) is 4.85. The van der Waals surface area contributed by atoms with Gasteiger partial charge in [-0.15, -0.1) is 11.8 Å². The molecule has 1 fully saturated rings. The molecule has 1 unspecified atom stereocenters. The molecule has 0 aromatic heterocycles. The molecule has 1 aliphatic heterocycles. The normalized spacial score (nSPS) is 17.1. The van der Waals surface area contributed by atoms with Gasteiger partial charge in [0, 0.05) is 16.3 Å². The second kappa shape index (κ2) is 8.18. The van der Waals surface area contributed by atoms with E-state index in [1.165, 1.54) is 10.5 Å². The number of aryl methyl sites for hydroxylation is 1. The Morgan fingerprint density at radius 2 is 1.91 bits per heavy atom. The Bertz CT molecular complexity index is 622. The molecule has 3 rings (SSSR count). The summed E-state index contributed by atoms with van der Waals surface area (Å²) in [6.45, 7) is 0.940. The Morgan fingerprint density at radius 3 is 2.61 bits per heavy atom. The van der Waals surface area contributed by atoms with E-state index >= 15 is 0 Å². The van der Waals surface area contributed by atoms with Gasteiger partial charge >= 0.3 is 0 Å². The maximum atomic E-state index is 12.0. The number of benzene rings is 2. The minimum absolute atomic E-state index is 0.0325. The fourth-order valence-corrected chi connectivity index (χ4v) is 3.61. The quantitative estimate of drug-likeness (QED) is 0.795. The van der Waals surface area contributed by atoms with Crippen LogP contribution in [0.15, 0.2) is 59.5 Å². The van der Waals surface area contributed by atoms with Crippen LogP contribution in [0.5, 0.6) is 0 Å². The summed E-state index contributed by atoms with van der Waals surface area (Å²) in [6, 6.07) is 18.6. The number of carbonyl (C=O) groups excluding carboxylic acids is 1. The number of rotatable bonds is 6. The van der Waals surface area contributed by atoms with Gasteiger partial charge in [0.2, 0.25) is 5.91 Å². The maximum absolute atomic E-state index is 12.0. The van der Waals surface area contributed by atoms with Crippen LogP contribution in [-0.2, 0) is 11.2 Å². The van der Waals surface area contributed by atoms with Crippen molar-refractivity contribution in [1.82, 2.24) is 5.32 Å². The summed E-state index contributed by atoms with van der Waals surface area (Å²) in [5.74, 6) is 1.13. The van der Waals surface area contributed by atoms with Gasteiger partial charge < -0.3 is 10.6 Å². The van der Waals surface area contributed by atoms with Crippen LogP contribution in [0.1, 0.15) is 18.4 Å². The predicted octanol–water partition coefficient (Wildman–Crippen LogP) is 3.71. The van der Waals surface area contributed by atoms with E-state index in [1.807, 2.05) is 30.0 Å². The molecule has 0 radical (unpaired) electrons. The van der Waals surface area contributed by atoms with Gasteiger partial charge in [-0.2, -0.15) is 0 Å². The highest BCUT2D eigenvalue weighted by molar-refractivity contribution is 7.99. The summed E-state index contributed by atoms with van der Waals surface area (Å²) >= 11 is 1.84. The Hall–Kier alpha value is -1.78. The molecule has 1 saturated heterocycles. The molecule has 4 heteroatoms. The van der Waals surface area contributed by atoms with Gasteiger partial charge in [-0.05, 0) is 55.6 Å². The van der Waals surface area contributed by atoms with E-state index in [2.05, 4.69) is 47.0 Å². The maximum Gasteiger partial charge on any atom is 0.241 e. The fourth-order valence-electron chi connectivity index (χ4n) is 2.70. The van der Waals surface area contributed by atoms with Crippen molar-refractivity contribution in [3.05, 3.63) is 60.2 Å². The minimum atomic E-state index is -0.0325. The van der Waals surface area contributed by atoms with Gasteiger partial charge in [-0.25, -0.2) is 0 Å². The van der Waals surface area contributed by atoms with Crippen LogP contribution < -0.4 is 10.6 Å². The van der Waals surface area contributed by atoms with Gasteiger partial charge in [-0.1, -0.05) is 30.3 Å². The molecule has 1 atom stereocenters. The van der Waals surface area contributed by atoms with Crippen LogP contribution in [0.3, 0.4) is 0 Å². The van der Waals surface area contributed by atoms with Crippen LogP contribution in [0, 0.1) is 0 Å². The number of amides is 1. The van der Waals surface area contributed by atoms with Gasteiger partial charge in [-0.3, -0.25) is 4.79 Å². The van der Waals surface area contributed by atoms with E-state index in [0.29, 0.717) is 0 Å². The first-order chi connectivity index (χ1) is 11.3. The van der Waals surface area contributed by atoms with Gasteiger partial charge in [0.1, 0.15) is 0 Å². The summed E-state index contributed by atoms with van der Waals surface area (Å²) in [6.07, 6.45) is 3.08. The molecule has 3 nitrogen and oxygen atoms in total. The number of hydrogen-bond donors (Lipinski definition) is 2. The number of nitrogens with one attached hydrogen (secondary N) is 2. The molecule has 0 saturated carbocycles. The van der Waals surface area contributed by atoms with Crippen LogP contribution in [0.4, 0.5) is 5.69 Å². The summed E-state index contributed by atoms with van der Waals surface area (Å²) < 4.78 is 0. The first kappa shape index (κ1) is 16.1. The zero-order valence-corrected chi connectivity index (χ0v) is 13.9. The summed E-state index contributed by atoms with van der Waals surface area (Å²) in [5.41, 5.74) is 2.24. The van der Waals surface area contributed by atoms with Crippen molar-refractivity contribution < 1.29 is 4.79 Å². The molecule has 0 bridgehead atoms. The number of thioether (sulfide) groups is 1. The molecular weight excluding hydrogens is 304 g/mol. The van der Waals surface area contributed by atoms with Gasteiger partial charge in [0.05, 0.1) is 6.04 Å². The van der Waals surface area contributed by atoms with E-state index in [-0.39, 0.29) is 11.9 Å². The van der Waals surface area contributed by atoms with Crippen LogP contribution in [0.2, 0.25) is 0 Å². The van der Waals surface area contributed by atoms with Crippen molar-refractivity contribution in [3.63, 3.8) is 0 Å². The second-order valence-corrected chi connectivity index (χ2v) is 6.91. The van der Waals surface area contributed by atoms with Crippen molar-refractivity contribution in [2.45, 2.75) is 30.2 Å². The lowest BCUT2D eigenvalue weighted by Gasteiger charge is -2.11. The van der Waals surface area contributed by atoms with Crippen molar-refractivity contribution in [2.75, 3.05) is 17.6 Å². The summed E-state index contributed by atoms with van der Waals surface area (Å²) in [7, 11) is 0. The third-order valence-electron chi connectivity index (χ3n) is 4.00.